The molecule has 2 N–H and O–H groups in total. The molecule has 0 aliphatic carbocycles. The normalized spacial score (nSPS) is 14.1. The zero-order valence-electron chi connectivity index (χ0n) is 15.0. The molecule has 0 radical (unpaired) electrons. The van der Waals surface area contributed by atoms with Gasteiger partial charge in [-0.05, 0) is 6.92 Å². The molecule has 26 heavy (non-hydrogen) atoms. The monoisotopic (exact) mass is 354 g/mol. The first-order valence-corrected chi connectivity index (χ1v) is 8.56. The van der Waals surface area contributed by atoms with Gasteiger partial charge in [-0.2, -0.15) is 10.2 Å². The Morgan fingerprint density at radius 2 is 2.08 bits per heavy atom. The van der Waals surface area contributed by atoms with E-state index in [0.29, 0.717) is 30.1 Å². The molecule has 1 fully saturated rings. The Morgan fingerprint density at radius 1 is 1.31 bits per heavy atom. The molecule has 2 aromatic heterocycles. The fourth-order valence-electron chi connectivity index (χ4n) is 2.99. The van der Waals surface area contributed by atoms with Crippen molar-refractivity contribution in [2.45, 2.75) is 20.0 Å². The summed E-state index contributed by atoms with van der Waals surface area (Å²) in [4.78, 5) is 24.3. The average molecular weight is 354 g/mol. The summed E-state index contributed by atoms with van der Waals surface area (Å²) in [5.74, 6) is 7.20. The number of nitrogens with zero attached hydrogens (tertiary/aromatic N) is 6. The average Bonchev–Trinajstić information content (AvgIpc) is 3.03. The second-order valence-electron chi connectivity index (χ2n) is 5.99. The third kappa shape index (κ3) is 3.40. The number of hydrogen-bond acceptors (Lipinski definition) is 7. The highest BCUT2D eigenvalue weighted by Gasteiger charge is 2.22. The zero-order valence-corrected chi connectivity index (χ0v) is 15.0. The van der Waals surface area contributed by atoms with Gasteiger partial charge in [0.25, 0.3) is 5.56 Å². The molecule has 0 spiro atoms. The predicted molar refractivity (Wildman–Crippen MR) is 98.6 cm³/mol. The van der Waals surface area contributed by atoms with E-state index in [2.05, 4.69) is 37.3 Å². The molecule has 1 aliphatic heterocycles. The van der Waals surface area contributed by atoms with Gasteiger partial charge in [-0.1, -0.05) is 5.92 Å². The summed E-state index contributed by atoms with van der Waals surface area (Å²) in [5.41, 5.74) is 0.733. The topological polar surface area (TPSA) is 104 Å². The van der Waals surface area contributed by atoms with E-state index in [1.54, 1.807) is 14.0 Å². The molecule has 0 saturated carbocycles. The van der Waals surface area contributed by atoms with Crippen molar-refractivity contribution in [3.63, 3.8) is 0 Å². The maximum absolute atomic E-state index is 13.0. The van der Waals surface area contributed by atoms with Gasteiger partial charge >= 0.3 is 0 Å². The largest absolute Gasteiger partial charge is 0.340 e. The smallest absolute Gasteiger partial charge is 0.279 e. The van der Waals surface area contributed by atoms with Crippen molar-refractivity contribution in [3.8, 4) is 17.9 Å². The van der Waals surface area contributed by atoms with Gasteiger partial charge in [0, 0.05) is 33.2 Å². The summed E-state index contributed by atoms with van der Waals surface area (Å²) in [5, 5.41) is 14.9. The minimum atomic E-state index is -0.157. The highest BCUT2D eigenvalue weighted by atomic mass is 16.1. The van der Waals surface area contributed by atoms with Crippen molar-refractivity contribution in [2.75, 3.05) is 37.6 Å². The lowest BCUT2D eigenvalue weighted by atomic mass is 10.4. The fourth-order valence-corrected chi connectivity index (χ4v) is 2.99. The maximum Gasteiger partial charge on any atom is 0.279 e. The summed E-state index contributed by atoms with van der Waals surface area (Å²) in [6, 6.07) is 2.01. The molecular formula is C17H22N8O. The third-order valence-electron chi connectivity index (χ3n) is 4.36. The fraction of sp³-hybridized carbons (Fsp3) is 0.529. The van der Waals surface area contributed by atoms with Gasteiger partial charge in [0.15, 0.2) is 11.2 Å². The van der Waals surface area contributed by atoms with Crippen molar-refractivity contribution >= 4 is 17.1 Å². The van der Waals surface area contributed by atoms with Gasteiger partial charge in [-0.3, -0.25) is 19.2 Å². The number of hydrogen-bond donors (Lipinski definition) is 2. The Labute approximate surface area is 151 Å². The first-order valence-electron chi connectivity index (χ1n) is 8.56. The molecule has 9 nitrogen and oxygen atoms in total. The summed E-state index contributed by atoms with van der Waals surface area (Å²) in [6.45, 7) is 6.09. The number of anilines is 1. The minimum absolute atomic E-state index is 0.157. The summed E-state index contributed by atoms with van der Waals surface area (Å²) >= 11 is 0. The Hall–Kier alpha value is -2.88. The number of piperazine rings is 1. The number of nitrogens with one attached hydrogen (secondary N) is 2. The van der Waals surface area contributed by atoms with Crippen molar-refractivity contribution in [1.82, 2.24) is 29.7 Å². The van der Waals surface area contributed by atoms with Crippen LogP contribution in [0.25, 0.3) is 11.2 Å². The predicted octanol–water partition coefficient (Wildman–Crippen LogP) is -0.824. The molecule has 0 atom stereocenters. The van der Waals surface area contributed by atoms with Gasteiger partial charge < -0.3 is 10.2 Å². The molecule has 3 rings (SSSR count). The van der Waals surface area contributed by atoms with E-state index in [9.17, 15) is 4.79 Å². The van der Waals surface area contributed by atoms with Crippen LogP contribution in [0.2, 0.25) is 0 Å². The lowest BCUT2D eigenvalue weighted by Crippen LogP contribution is -2.44. The number of imidazole rings is 1. The van der Waals surface area contributed by atoms with E-state index in [-0.39, 0.29) is 12.1 Å². The van der Waals surface area contributed by atoms with E-state index in [0.717, 1.165) is 32.1 Å². The molecular weight excluding hydrogens is 332 g/mol. The molecule has 9 heteroatoms. The molecule has 0 bridgehead atoms. The van der Waals surface area contributed by atoms with Crippen LogP contribution in [0.3, 0.4) is 0 Å². The van der Waals surface area contributed by atoms with Gasteiger partial charge in [-0.15, -0.1) is 5.92 Å². The second-order valence-corrected chi connectivity index (χ2v) is 5.99. The first kappa shape index (κ1) is 17.9. The standard InChI is InChI=1S/C17H22N8O/c1-3-4-9-25-14-15(22-17(25)24-10-7-19-8-11-24)21-13(12-20-6-5-18)23(2)16(14)26/h19-20H,6-12H2,1-2H3. The first-order chi connectivity index (χ1) is 12.7. The number of rotatable bonds is 5. The minimum Gasteiger partial charge on any atom is -0.340 e. The van der Waals surface area contributed by atoms with Gasteiger partial charge in [0.1, 0.15) is 5.82 Å². The quantitative estimate of drug-likeness (QED) is 0.411. The van der Waals surface area contributed by atoms with Crippen LogP contribution in [0.4, 0.5) is 5.95 Å². The van der Waals surface area contributed by atoms with Crippen molar-refractivity contribution in [1.29, 1.82) is 5.26 Å². The zero-order chi connectivity index (χ0) is 18.5. The lowest BCUT2D eigenvalue weighted by Gasteiger charge is -2.28. The van der Waals surface area contributed by atoms with Crippen LogP contribution in [-0.4, -0.2) is 51.8 Å². The maximum atomic E-state index is 13.0. The Bertz CT molecular complexity index is 950. The van der Waals surface area contributed by atoms with Gasteiger partial charge in [-0.25, -0.2) is 4.98 Å². The molecule has 0 aromatic carbocycles. The van der Waals surface area contributed by atoms with Crippen LogP contribution in [0.1, 0.15) is 12.7 Å². The number of aromatic nitrogens is 4. The van der Waals surface area contributed by atoms with Crippen LogP contribution >= 0.6 is 0 Å². The Balaban J connectivity index is 2.11. The summed E-state index contributed by atoms with van der Waals surface area (Å²) in [6.07, 6.45) is 0. The molecule has 1 aliphatic rings. The SMILES string of the molecule is CC#CCn1c(N2CCNCC2)nc2nc(CNCC#N)n(C)c(=O)c21. The van der Waals surface area contributed by atoms with Crippen LogP contribution < -0.4 is 21.1 Å². The van der Waals surface area contributed by atoms with E-state index >= 15 is 0 Å². The highest BCUT2D eigenvalue weighted by Crippen LogP contribution is 2.20. The summed E-state index contributed by atoms with van der Waals surface area (Å²) < 4.78 is 3.37. The Morgan fingerprint density at radius 3 is 2.77 bits per heavy atom. The van der Waals surface area contributed by atoms with Crippen molar-refractivity contribution < 1.29 is 0 Å². The third-order valence-corrected chi connectivity index (χ3v) is 4.36. The van der Waals surface area contributed by atoms with Crippen molar-refractivity contribution in [2.24, 2.45) is 7.05 Å². The van der Waals surface area contributed by atoms with E-state index in [4.69, 9.17) is 5.26 Å². The van der Waals surface area contributed by atoms with Crippen LogP contribution in [0.15, 0.2) is 4.79 Å². The Kier molecular flexibility index (Phi) is 5.52. The van der Waals surface area contributed by atoms with E-state index < -0.39 is 0 Å². The number of fused-ring (bicyclic) bond motifs is 1. The highest BCUT2D eigenvalue weighted by molar-refractivity contribution is 5.74. The second kappa shape index (κ2) is 8.00. The molecule has 136 valence electrons. The van der Waals surface area contributed by atoms with E-state index in [1.165, 1.54) is 4.57 Å². The molecule has 2 aromatic rings. The lowest BCUT2D eigenvalue weighted by molar-refractivity contribution is 0.573. The van der Waals surface area contributed by atoms with Gasteiger partial charge in [0.05, 0.1) is 25.7 Å². The molecule has 0 unspecified atom stereocenters. The number of nitriles is 1. The van der Waals surface area contributed by atoms with Crippen LogP contribution in [0.5, 0.6) is 0 Å². The van der Waals surface area contributed by atoms with Crippen molar-refractivity contribution in [3.05, 3.63) is 16.2 Å². The van der Waals surface area contributed by atoms with Crippen LogP contribution in [0, 0.1) is 23.2 Å². The summed E-state index contributed by atoms with van der Waals surface area (Å²) in [7, 11) is 1.69. The molecule has 0 amide bonds. The molecule has 3 heterocycles. The molecule has 1 saturated heterocycles. The van der Waals surface area contributed by atoms with E-state index in [1.807, 2.05) is 10.6 Å². The van der Waals surface area contributed by atoms with Crippen LogP contribution in [-0.2, 0) is 20.1 Å². The van der Waals surface area contributed by atoms with Gasteiger partial charge in [0.2, 0.25) is 5.95 Å².